The van der Waals surface area contributed by atoms with Gasteiger partial charge in [0.1, 0.15) is 11.7 Å². The third-order valence-corrected chi connectivity index (χ3v) is 9.37. The van der Waals surface area contributed by atoms with Crippen LogP contribution in [0.5, 0.6) is 0 Å². The van der Waals surface area contributed by atoms with Crippen molar-refractivity contribution in [1.29, 1.82) is 0 Å². The molecule has 7 rings (SSSR count). The molecule has 0 spiro atoms. The normalized spacial score (nSPS) is 19.5. The average molecular weight is 735 g/mol. The van der Waals surface area contributed by atoms with Gasteiger partial charge in [0, 0.05) is 0 Å². The number of aliphatic hydroxyl groups excluding tert-OH is 1. The summed E-state index contributed by atoms with van der Waals surface area (Å²) >= 11 is 0. The summed E-state index contributed by atoms with van der Waals surface area (Å²) in [5.74, 6) is -2.37. The summed E-state index contributed by atoms with van der Waals surface area (Å²) in [4.78, 5) is 41.0. The van der Waals surface area contributed by atoms with Crippen LogP contribution in [0, 0.1) is 0 Å². The first kappa shape index (κ1) is 36.9. The van der Waals surface area contributed by atoms with Crippen molar-refractivity contribution in [3.63, 3.8) is 0 Å². The van der Waals surface area contributed by atoms with Crippen molar-refractivity contribution in [2.75, 3.05) is 6.61 Å². The van der Waals surface area contributed by atoms with Crippen molar-refractivity contribution < 1.29 is 43.2 Å². The van der Waals surface area contributed by atoms with Crippen LogP contribution in [0.2, 0.25) is 0 Å². The number of rotatable bonds is 12. The van der Waals surface area contributed by atoms with E-state index in [1.165, 1.54) is 0 Å². The number of hydrogen-bond acceptors (Lipinski definition) is 9. The molecule has 1 aliphatic heterocycles. The molecule has 9 heteroatoms. The van der Waals surface area contributed by atoms with Crippen molar-refractivity contribution in [3.8, 4) is 0 Å². The van der Waals surface area contributed by atoms with Gasteiger partial charge in [-0.15, -0.1) is 0 Å². The van der Waals surface area contributed by atoms with Gasteiger partial charge in [-0.1, -0.05) is 146 Å². The summed E-state index contributed by atoms with van der Waals surface area (Å²) in [7, 11) is 0. The number of carbonyl (C=O) groups excluding carboxylic acids is 3. The Morgan fingerprint density at radius 2 is 0.764 bits per heavy atom. The molecule has 1 aliphatic rings. The van der Waals surface area contributed by atoms with E-state index >= 15 is 0 Å². The Morgan fingerprint density at radius 3 is 1.13 bits per heavy atom. The number of ether oxygens (including phenoxy) is 5. The highest BCUT2D eigenvalue weighted by Crippen LogP contribution is 2.41. The Bertz CT molecular complexity index is 2050. The van der Waals surface area contributed by atoms with Gasteiger partial charge in [0.25, 0.3) is 0 Å². The van der Waals surface area contributed by atoms with E-state index in [0.717, 1.165) is 16.7 Å². The summed E-state index contributed by atoms with van der Waals surface area (Å²) in [5.41, 5.74) is 1.75. The Hall–Kier alpha value is -6.39. The lowest BCUT2D eigenvalue weighted by atomic mass is 9.80. The molecular weight excluding hydrogens is 696 g/mol. The zero-order valence-electron chi connectivity index (χ0n) is 29.6. The van der Waals surface area contributed by atoms with Crippen LogP contribution < -0.4 is 0 Å². The van der Waals surface area contributed by atoms with Gasteiger partial charge >= 0.3 is 17.9 Å². The maximum absolute atomic E-state index is 13.8. The van der Waals surface area contributed by atoms with Crippen molar-refractivity contribution in [1.82, 2.24) is 0 Å². The molecule has 6 aromatic carbocycles. The predicted molar refractivity (Wildman–Crippen MR) is 203 cm³/mol. The first-order valence-corrected chi connectivity index (χ1v) is 17.9. The van der Waals surface area contributed by atoms with Crippen LogP contribution in [0.25, 0.3) is 0 Å². The molecule has 0 aromatic heterocycles. The van der Waals surface area contributed by atoms with E-state index in [1.54, 1.807) is 91.0 Å². The highest BCUT2D eigenvalue weighted by atomic mass is 16.7. The summed E-state index contributed by atoms with van der Waals surface area (Å²) in [6.07, 6.45) is -7.70. The SMILES string of the molecule is O=C(O[C@@H]1[C@@H](OC(=O)c2ccccc2)[C@@H](O)O[C@H](COC(c2ccccc2)(c2ccccc2)c2ccccc2)[C@@H]1OC(=O)c1ccccc1)c1ccccc1. The van der Waals surface area contributed by atoms with Gasteiger partial charge in [0.05, 0.1) is 23.3 Å². The number of esters is 3. The van der Waals surface area contributed by atoms with Gasteiger partial charge in [0.2, 0.25) is 0 Å². The third-order valence-electron chi connectivity index (χ3n) is 9.37. The molecule has 0 amide bonds. The molecule has 276 valence electrons. The minimum absolute atomic E-state index is 0.185. The Kier molecular flexibility index (Phi) is 11.5. The second kappa shape index (κ2) is 17.2. The predicted octanol–water partition coefficient (Wildman–Crippen LogP) is 7.39. The fourth-order valence-electron chi connectivity index (χ4n) is 6.70. The summed E-state index contributed by atoms with van der Waals surface area (Å²) in [5, 5.41) is 11.7. The van der Waals surface area contributed by atoms with Crippen molar-refractivity contribution in [2.24, 2.45) is 0 Å². The summed E-state index contributed by atoms with van der Waals surface area (Å²) in [6.45, 7) is -0.290. The first-order chi connectivity index (χ1) is 26.9. The molecule has 1 saturated heterocycles. The number of aliphatic hydroxyl groups is 1. The van der Waals surface area contributed by atoms with Crippen LogP contribution in [-0.4, -0.2) is 60.3 Å². The van der Waals surface area contributed by atoms with Crippen LogP contribution in [0.4, 0.5) is 0 Å². The van der Waals surface area contributed by atoms with E-state index in [-0.39, 0.29) is 23.3 Å². The van der Waals surface area contributed by atoms with Crippen molar-refractivity contribution in [3.05, 3.63) is 215 Å². The molecule has 0 bridgehead atoms. The topological polar surface area (TPSA) is 118 Å². The second-order valence-corrected chi connectivity index (χ2v) is 12.9. The van der Waals surface area contributed by atoms with E-state index in [0.29, 0.717) is 0 Å². The van der Waals surface area contributed by atoms with Crippen LogP contribution >= 0.6 is 0 Å². The smallest absolute Gasteiger partial charge is 0.338 e. The summed E-state index contributed by atoms with van der Waals surface area (Å²) in [6, 6.07) is 53.5. The quantitative estimate of drug-likeness (QED) is 0.0781. The Morgan fingerprint density at radius 1 is 0.455 bits per heavy atom. The maximum Gasteiger partial charge on any atom is 0.338 e. The van der Waals surface area contributed by atoms with Crippen molar-refractivity contribution in [2.45, 2.75) is 36.3 Å². The monoisotopic (exact) mass is 734 g/mol. The largest absolute Gasteiger partial charge is 0.452 e. The lowest BCUT2D eigenvalue weighted by Crippen LogP contribution is -2.62. The molecule has 1 fully saturated rings. The molecule has 5 atom stereocenters. The molecule has 55 heavy (non-hydrogen) atoms. The fraction of sp³-hybridized carbons (Fsp3) is 0.152. The standard InChI is InChI=1S/C46H38O9/c47-42(32-19-7-1-8-20-32)53-39-38(31-51-46(35-25-13-4-14-26-35,36-27-15-5-16-28-36)37-29-17-6-18-30-37)52-45(50)41(55-44(49)34-23-11-3-12-24-34)40(39)54-43(48)33-21-9-2-10-22-33/h1-30,38-41,45,50H,31H2/t38-,39+,40+,41-,45+/m1/s1. The van der Waals surface area contributed by atoms with Gasteiger partial charge in [-0.3, -0.25) is 0 Å². The van der Waals surface area contributed by atoms with E-state index in [9.17, 15) is 19.5 Å². The van der Waals surface area contributed by atoms with Gasteiger partial charge in [-0.25, -0.2) is 14.4 Å². The van der Waals surface area contributed by atoms with Crippen LogP contribution in [0.1, 0.15) is 47.8 Å². The average Bonchev–Trinajstić information content (AvgIpc) is 3.25. The van der Waals surface area contributed by atoms with E-state index in [1.807, 2.05) is 91.0 Å². The molecule has 0 radical (unpaired) electrons. The lowest BCUT2D eigenvalue weighted by molar-refractivity contribution is -0.289. The van der Waals surface area contributed by atoms with Gasteiger partial charge < -0.3 is 28.8 Å². The highest BCUT2D eigenvalue weighted by Gasteiger charge is 2.53. The zero-order chi connectivity index (χ0) is 38.0. The fourth-order valence-corrected chi connectivity index (χ4v) is 6.70. The van der Waals surface area contributed by atoms with Gasteiger partial charge in [0.15, 0.2) is 24.6 Å². The van der Waals surface area contributed by atoms with Crippen LogP contribution in [-0.2, 0) is 29.3 Å². The summed E-state index contributed by atoms with van der Waals surface area (Å²) < 4.78 is 31.3. The van der Waals surface area contributed by atoms with E-state index in [4.69, 9.17) is 23.7 Å². The molecular formula is C46H38O9. The first-order valence-electron chi connectivity index (χ1n) is 17.9. The molecule has 9 nitrogen and oxygen atoms in total. The molecule has 1 heterocycles. The molecule has 6 aromatic rings. The van der Waals surface area contributed by atoms with Crippen LogP contribution in [0.15, 0.2) is 182 Å². The third kappa shape index (κ3) is 8.24. The minimum Gasteiger partial charge on any atom is -0.452 e. The number of hydrogen-bond donors (Lipinski definition) is 1. The van der Waals surface area contributed by atoms with Crippen molar-refractivity contribution >= 4 is 17.9 Å². The lowest BCUT2D eigenvalue weighted by Gasteiger charge is -2.44. The Labute approximate surface area is 318 Å². The van der Waals surface area contributed by atoms with E-state index < -0.39 is 54.2 Å². The van der Waals surface area contributed by atoms with Gasteiger partial charge in [-0.2, -0.15) is 0 Å². The second-order valence-electron chi connectivity index (χ2n) is 12.9. The van der Waals surface area contributed by atoms with Crippen LogP contribution in [0.3, 0.4) is 0 Å². The van der Waals surface area contributed by atoms with Gasteiger partial charge in [-0.05, 0) is 53.1 Å². The number of carbonyl (C=O) groups is 3. The van der Waals surface area contributed by atoms with E-state index in [2.05, 4.69) is 0 Å². The highest BCUT2D eigenvalue weighted by molar-refractivity contribution is 5.91. The molecule has 0 unspecified atom stereocenters. The number of benzene rings is 6. The Balaban J connectivity index is 1.31. The molecule has 1 N–H and O–H groups in total. The molecule has 0 aliphatic carbocycles. The zero-order valence-corrected chi connectivity index (χ0v) is 29.6. The maximum atomic E-state index is 13.8. The minimum atomic E-state index is -1.83. The molecule has 0 saturated carbocycles.